The van der Waals surface area contributed by atoms with Gasteiger partial charge in [-0.2, -0.15) is 0 Å². The van der Waals surface area contributed by atoms with Crippen molar-refractivity contribution < 1.29 is 14.6 Å². The fourth-order valence-electron chi connectivity index (χ4n) is 3.61. The second-order valence-corrected chi connectivity index (χ2v) is 6.60. The van der Waals surface area contributed by atoms with Gasteiger partial charge in [-0.1, -0.05) is 36.4 Å². The van der Waals surface area contributed by atoms with E-state index in [1.807, 2.05) is 42.5 Å². The number of nitrogens with zero attached hydrogens (tertiary/aromatic N) is 3. The van der Waals surface area contributed by atoms with Crippen LogP contribution >= 0.6 is 0 Å². The zero-order valence-electron chi connectivity index (χ0n) is 13.9. The van der Waals surface area contributed by atoms with E-state index in [1.54, 1.807) is 11.1 Å². The minimum absolute atomic E-state index is 0.0652. The van der Waals surface area contributed by atoms with E-state index in [0.717, 1.165) is 16.9 Å². The molecule has 1 N–H and O–H groups in total. The van der Waals surface area contributed by atoms with Crippen molar-refractivity contribution in [1.82, 2.24) is 9.88 Å². The van der Waals surface area contributed by atoms with Crippen LogP contribution in [0.5, 0.6) is 0 Å². The van der Waals surface area contributed by atoms with Crippen molar-refractivity contribution in [3.05, 3.63) is 59.8 Å². The highest BCUT2D eigenvalue weighted by Gasteiger charge is 2.38. The molecule has 1 amide bonds. The zero-order chi connectivity index (χ0) is 17.2. The number of amides is 1. The number of benzene rings is 1. The molecular formula is C19H21N3O3. The Morgan fingerprint density at radius 2 is 2.04 bits per heavy atom. The predicted octanol–water partition coefficient (Wildman–Crippen LogP) is 2.17. The van der Waals surface area contributed by atoms with E-state index in [0.29, 0.717) is 26.1 Å². The summed E-state index contributed by atoms with van der Waals surface area (Å²) in [6.07, 6.45) is 1.67. The van der Waals surface area contributed by atoms with E-state index < -0.39 is 0 Å². The summed E-state index contributed by atoms with van der Waals surface area (Å²) in [5.74, 6) is 0.863. The number of anilines is 1. The molecule has 3 heterocycles. The van der Waals surface area contributed by atoms with E-state index >= 15 is 0 Å². The Bertz CT molecular complexity index is 753. The Kier molecular flexibility index (Phi) is 4.28. The number of ether oxygens (including phenoxy) is 1. The third-order valence-electron chi connectivity index (χ3n) is 4.79. The number of rotatable bonds is 2. The van der Waals surface area contributed by atoms with Crippen LogP contribution in [-0.4, -0.2) is 46.3 Å². The molecule has 0 bridgehead atoms. The molecule has 0 saturated carbocycles. The van der Waals surface area contributed by atoms with E-state index in [4.69, 9.17) is 4.74 Å². The van der Waals surface area contributed by atoms with Gasteiger partial charge in [0, 0.05) is 24.8 Å². The number of carbonyl (C=O) groups excluding carboxylic acids is 1. The Hall–Kier alpha value is -2.60. The Labute approximate surface area is 146 Å². The van der Waals surface area contributed by atoms with Gasteiger partial charge in [0.2, 0.25) is 0 Å². The van der Waals surface area contributed by atoms with Gasteiger partial charge in [0.25, 0.3) is 0 Å². The Balaban J connectivity index is 1.51. The van der Waals surface area contributed by atoms with Gasteiger partial charge in [0.05, 0.1) is 18.7 Å². The van der Waals surface area contributed by atoms with E-state index in [1.165, 1.54) is 0 Å². The summed E-state index contributed by atoms with van der Waals surface area (Å²) in [5, 5.41) is 10.1. The maximum absolute atomic E-state index is 12.6. The Morgan fingerprint density at radius 1 is 1.20 bits per heavy atom. The van der Waals surface area contributed by atoms with Gasteiger partial charge in [-0.05, 0) is 18.1 Å². The largest absolute Gasteiger partial charge is 0.445 e. The smallest absolute Gasteiger partial charge is 0.410 e. The van der Waals surface area contributed by atoms with Crippen molar-refractivity contribution in [2.45, 2.75) is 31.7 Å². The molecule has 6 nitrogen and oxygen atoms in total. The average Bonchev–Trinajstić information content (AvgIpc) is 2.93. The second kappa shape index (κ2) is 6.72. The molecule has 1 saturated heterocycles. The third kappa shape index (κ3) is 3.30. The van der Waals surface area contributed by atoms with Crippen LogP contribution in [0.15, 0.2) is 48.7 Å². The van der Waals surface area contributed by atoms with Gasteiger partial charge in [0.15, 0.2) is 0 Å². The predicted molar refractivity (Wildman–Crippen MR) is 93.0 cm³/mol. The summed E-state index contributed by atoms with van der Waals surface area (Å²) in [6.45, 7) is 1.82. The van der Waals surface area contributed by atoms with Crippen molar-refractivity contribution in [3.8, 4) is 0 Å². The van der Waals surface area contributed by atoms with Gasteiger partial charge >= 0.3 is 6.09 Å². The SMILES string of the molecule is O=C(OCc1ccccc1)N1Cc2cccnc2N2C[C@H](O)C[C@@H]2C1. The summed E-state index contributed by atoms with van der Waals surface area (Å²) < 4.78 is 5.50. The van der Waals surface area contributed by atoms with Crippen molar-refractivity contribution in [2.75, 3.05) is 18.0 Å². The van der Waals surface area contributed by atoms with Crippen molar-refractivity contribution in [3.63, 3.8) is 0 Å². The van der Waals surface area contributed by atoms with Crippen LogP contribution in [-0.2, 0) is 17.9 Å². The summed E-state index contributed by atoms with van der Waals surface area (Å²) in [4.78, 5) is 20.9. The topological polar surface area (TPSA) is 65.9 Å². The van der Waals surface area contributed by atoms with Crippen LogP contribution in [0, 0.1) is 0 Å². The molecule has 25 heavy (non-hydrogen) atoms. The monoisotopic (exact) mass is 339 g/mol. The van der Waals surface area contributed by atoms with Gasteiger partial charge in [-0.25, -0.2) is 9.78 Å². The lowest BCUT2D eigenvalue weighted by molar-refractivity contribution is 0.0914. The van der Waals surface area contributed by atoms with Crippen LogP contribution in [0.4, 0.5) is 10.6 Å². The number of pyridine rings is 1. The molecule has 2 atom stereocenters. The summed E-state index contributed by atoms with van der Waals surface area (Å²) in [5.41, 5.74) is 1.95. The van der Waals surface area contributed by atoms with Gasteiger partial charge in [0.1, 0.15) is 12.4 Å². The van der Waals surface area contributed by atoms with Crippen LogP contribution in [0.1, 0.15) is 17.5 Å². The van der Waals surface area contributed by atoms with Crippen LogP contribution in [0.2, 0.25) is 0 Å². The number of aliphatic hydroxyl groups is 1. The van der Waals surface area contributed by atoms with Crippen molar-refractivity contribution >= 4 is 11.9 Å². The standard InChI is InChI=1S/C19H21N3O3/c23-17-9-16-11-21(19(24)25-13-14-5-2-1-3-6-14)10-15-7-4-8-20-18(15)22(16)12-17/h1-8,16-17,23H,9-13H2/t16-,17-/m1/s1. The quantitative estimate of drug-likeness (QED) is 0.908. The highest BCUT2D eigenvalue weighted by molar-refractivity contribution is 5.69. The lowest BCUT2D eigenvalue weighted by atomic mass is 10.2. The van der Waals surface area contributed by atoms with Crippen LogP contribution in [0.25, 0.3) is 0 Å². The molecule has 1 fully saturated rings. The molecular weight excluding hydrogens is 318 g/mol. The van der Waals surface area contributed by atoms with Gasteiger partial charge in [-0.15, -0.1) is 0 Å². The molecule has 2 aliphatic heterocycles. The molecule has 1 aromatic heterocycles. The van der Waals surface area contributed by atoms with Gasteiger partial charge < -0.3 is 19.6 Å². The maximum Gasteiger partial charge on any atom is 0.410 e. The van der Waals surface area contributed by atoms with Crippen LogP contribution < -0.4 is 4.90 Å². The van der Waals surface area contributed by atoms with E-state index in [-0.39, 0.29) is 24.8 Å². The van der Waals surface area contributed by atoms with Crippen molar-refractivity contribution in [2.24, 2.45) is 0 Å². The summed E-state index contributed by atoms with van der Waals surface area (Å²) >= 11 is 0. The number of fused-ring (bicyclic) bond motifs is 3. The first-order valence-electron chi connectivity index (χ1n) is 8.55. The molecule has 6 heteroatoms. The van der Waals surface area contributed by atoms with Gasteiger partial charge in [-0.3, -0.25) is 0 Å². The van der Waals surface area contributed by atoms with Crippen LogP contribution in [0.3, 0.4) is 0 Å². The normalized spacial score (nSPS) is 22.1. The first-order chi connectivity index (χ1) is 12.2. The zero-order valence-corrected chi connectivity index (χ0v) is 13.9. The van der Waals surface area contributed by atoms with E-state index in [2.05, 4.69) is 9.88 Å². The number of aromatic nitrogens is 1. The second-order valence-electron chi connectivity index (χ2n) is 6.60. The third-order valence-corrected chi connectivity index (χ3v) is 4.79. The molecule has 0 unspecified atom stereocenters. The first-order valence-corrected chi connectivity index (χ1v) is 8.55. The minimum atomic E-state index is -0.389. The fourth-order valence-corrected chi connectivity index (χ4v) is 3.61. The molecule has 2 aromatic rings. The maximum atomic E-state index is 12.6. The Morgan fingerprint density at radius 3 is 2.88 bits per heavy atom. The highest BCUT2D eigenvalue weighted by atomic mass is 16.6. The highest BCUT2D eigenvalue weighted by Crippen LogP contribution is 2.31. The molecule has 1 aromatic carbocycles. The van der Waals surface area contributed by atoms with E-state index in [9.17, 15) is 9.90 Å². The fraction of sp³-hybridized carbons (Fsp3) is 0.368. The average molecular weight is 339 g/mol. The summed E-state index contributed by atoms with van der Waals surface area (Å²) in [7, 11) is 0. The molecule has 0 radical (unpaired) electrons. The minimum Gasteiger partial charge on any atom is -0.445 e. The summed E-state index contributed by atoms with van der Waals surface area (Å²) in [6, 6.07) is 13.6. The molecule has 2 aliphatic rings. The number of carbonyl (C=O) groups is 1. The lowest BCUT2D eigenvalue weighted by Crippen LogP contribution is -2.40. The number of hydrogen-bond acceptors (Lipinski definition) is 5. The molecule has 4 rings (SSSR count). The van der Waals surface area contributed by atoms with Crippen molar-refractivity contribution in [1.29, 1.82) is 0 Å². The molecule has 0 aliphatic carbocycles. The number of aliphatic hydroxyl groups excluding tert-OH is 1. The first kappa shape index (κ1) is 15.9. The molecule has 0 spiro atoms. The number of hydrogen-bond donors (Lipinski definition) is 1. The molecule has 130 valence electrons. The lowest BCUT2D eigenvalue weighted by Gasteiger charge is -2.26.